The summed E-state index contributed by atoms with van der Waals surface area (Å²) >= 11 is 0. The zero-order valence-electron chi connectivity index (χ0n) is 19.8. The first-order valence-corrected chi connectivity index (χ1v) is 12.3. The molecule has 1 aliphatic heterocycles. The predicted molar refractivity (Wildman–Crippen MR) is 124 cm³/mol. The second kappa shape index (κ2) is 8.67. The van der Waals surface area contributed by atoms with Gasteiger partial charge >= 0.3 is 6.18 Å². The lowest BCUT2D eigenvalue weighted by Gasteiger charge is -2.37. The Balaban J connectivity index is 1.30. The number of amides is 1. The van der Waals surface area contributed by atoms with Gasteiger partial charge in [-0.2, -0.15) is 13.2 Å². The number of nitrogens with zero attached hydrogens (tertiary/aromatic N) is 2. The Bertz CT molecular complexity index is 1100. The van der Waals surface area contributed by atoms with Gasteiger partial charge in [-0.1, -0.05) is 30.2 Å². The molecule has 2 heterocycles. The van der Waals surface area contributed by atoms with E-state index in [1.165, 1.54) is 22.8 Å². The van der Waals surface area contributed by atoms with Crippen molar-refractivity contribution < 1.29 is 18.0 Å². The van der Waals surface area contributed by atoms with Crippen LogP contribution in [0.15, 0.2) is 30.5 Å². The van der Waals surface area contributed by atoms with E-state index < -0.39 is 11.7 Å². The summed E-state index contributed by atoms with van der Waals surface area (Å²) in [5.74, 6) is 0.478. The lowest BCUT2D eigenvalue weighted by atomic mass is 9.78. The van der Waals surface area contributed by atoms with Crippen molar-refractivity contribution in [3.05, 3.63) is 64.0 Å². The molecule has 1 aromatic heterocycles. The lowest BCUT2D eigenvalue weighted by molar-refractivity contribution is -0.144. The maximum Gasteiger partial charge on any atom is 0.417 e. The second-order valence-electron chi connectivity index (χ2n) is 10.5. The van der Waals surface area contributed by atoms with E-state index in [9.17, 15) is 18.0 Å². The van der Waals surface area contributed by atoms with Crippen LogP contribution in [-0.4, -0.2) is 28.4 Å². The van der Waals surface area contributed by atoms with Crippen LogP contribution >= 0.6 is 0 Å². The number of aryl methyl sites for hydroxylation is 2. The SMILES string of the molecule is Cc1ccc(C)c(CNC2CC3CCCC3(C(=O)N3CCc4ncc(C(F)(F)F)cc4C3)C2)c1. The average Bonchev–Trinajstić information content (AvgIpc) is 3.36. The van der Waals surface area contributed by atoms with E-state index in [1.807, 2.05) is 0 Å². The zero-order valence-corrected chi connectivity index (χ0v) is 19.8. The molecule has 182 valence electrons. The zero-order chi connectivity index (χ0) is 24.1. The highest BCUT2D eigenvalue weighted by molar-refractivity contribution is 5.84. The van der Waals surface area contributed by atoms with Gasteiger partial charge in [0.25, 0.3) is 0 Å². The van der Waals surface area contributed by atoms with E-state index in [1.54, 1.807) is 4.90 Å². The average molecular weight is 472 g/mol. The first-order chi connectivity index (χ1) is 16.2. The van der Waals surface area contributed by atoms with Crippen molar-refractivity contribution in [2.75, 3.05) is 6.54 Å². The molecule has 2 saturated carbocycles. The molecule has 3 atom stereocenters. The van der Waals surface area contributed by atoms with Crippen LogP contribution in [0.3, 0.4) is 0 Å². The van der Waals surface area contributed by atoms with Gasteiger partial charge < -0.3 is 10.2 Å². The van der Waals surface area contributed by atoms with Gasteiger partial charge in [0.2, 0.25) is 5.91 Å². The smallest absolute Gasteiger partial charge is 0.337 e. The molecule has 2 aromatic rings. The molecule has 34 heavy (non-hydrogen) atoms. The van der Waals surface area contributed by atoms with Crippen molar-refractivity contribution >= 4 is 5.91 Å². The van der Waals surface area contributed by atoms with E-state index >= 15 is 0 Å². The molecule has 1 aromatic carbocycles. The first kappa shape index (κ1) is 23.3. The number of rotatable bonds is 4. The highest BCUT2D eigenvalue weighted by Crippen LogP contribution is 2.55. The number of fused-ring (bicyclic) bond motifs is 2. The molecule has 1 amide bonds. The number of nitrogens with one attached hydrogen (secondary N) is 1. The molecule has 7 heteroatoms. The van der Waals surface area contributed by atoms with Gasteiger partial charge in [0.15, 0.2) is 0 Å². The molecule has 5 rings (SSSR count). The Morgan fingerprint density at radius 1 is 1.26 bits per heavy atom. The maximum atomic E-state index is 13.9. The van der Waals surface area contributed by atoms with Gasteiger partial charge in [0, 0.05) is 44.0 Å². The number of aromatic nitrogens is 1. The summed E-state index contributed by atoms with van der Waals surface area (Å²) in [4.78, 5) is 19.7. The maximum absolute atomic E-state index is 13.9. The summed E-state index contributed by atoms with van der Waals surface area (Å²) in [5, 5.41) is 3.71. The van der Waals surface area contributed by atoms with Gasteiger partial charge in [-0.15, -0.1) is 0 Å². The third kappa shape index (κ3) is 4.23. The van der Waals surface area contributed by atoms with Gasteiger partial charge in [-0.25, -0.2) is 0 Å². The fourth-order valence-electron chi connectivity index (χ4n) is 6.46. The molecule has 4 nitrogen and oxygen atoms in total. The summed E-state index contributed by atoms with van der Waals surface area (Å²) in [6.07, 6.45) is 1.76. The number of pyridine rings is 1. The van der Waals surface area contributed by atoms with Crippen molar-refractivity contribution in [3.63, 3.8) is 0 Å². The van der Waals surface area contributed by atoms with Crippen molar-refractivity contribution in [3.8, 4) is 0 Å². The number of hydrogen-bond donors (Lipinski definition) is 1. The predicted octanol–water partition coefficient (Wildman–Crippen LogP) is 5.34. The van der Waals surface area contributed by atoms with Crippen LogP contribution in [0.5, 0.6) is 0 Å². The fourth-order valence-corrected chi connectivity index (χ4v) is 6.46. The molecule has 2 fully saturated rings. The molecule has 0 bridgehead atoms. The molecule has 0 radical (unpaired) electrons. The van der Waals surface area contributed by atoms with Crippen LogP contribution in [0.25, 0.3) is 0 Å². The summed E-state index contributed by atoms with van der Waals surface area (Å²) in [6, 6.07) is 7.94. The van der Waals surface area contributed by atoms with Gasteiger partial charge in [-0.05, 0) is 68.2 Å². The van der Waals surface area contributed by atoms with E-state index in [4.69, 9.17) is 0 Å². The topological polar surface area (TPSA) is 45.2 Å². The highest BCUT2D eigenvalue weighted by Gasteiger charge is 2.56. The molecule has 1 N–H and O–H groups in total. The largest absolute Gasteiger partial charge is 0.417 e. The van der Waals surface area contributed by atoms with Crippen LogP contribution < -0.4 is 5.32 Å². The third-order valence-electron chi connectivity index (χ3n) is 8.30. The monoisotopic (exact) mass is 471 g/mol. The van der Waals surface area contributed by atoms with Crippen LogP contribution in [0.1, 0.15) is 65.6 Å². The van der Waals surface area contributed by atoms with Gasteiger partial charge in [-0.3, -0.25) is 9.78 Å². The number of halogens is 3. The quantitative estimate of drug-likeness (QED) is 0.655. The molecular weight excluding hydrogens is 439 g/mol. The Morgan fingerprint density at radius 2 is 2.09 bits per heavy atom. The van der Waals surface area contributed by atoms with Gasteiger partial charge in [0.1, 0.15) is 0 Å². The van der Waals surface area contributed by atoms with Crippen molar-refractivity contribution in [2.45, 2.75) is 77.7 Å². The Hall–Kier alpha value is -2.41. The fraction of sp³-hybridized carbons (Fsp3) is 0.556. The van der Waals surface area contributed by atoms with E-state index in [0.29, 0.717) is 30.1 Å². The summed E-state index contributed by atoms with van der Waals surface area (Å²) < 4.78 is 39.6. The Labute approximate surface area is 198 Å². The summed E-state index contributed by atoms with van der Waals surface area (Å²) in [6.45, 7) is 5.76. The molecule has 3 unspecified atom stereocenters. The van der Waals surface area contributed by atoms with Crippen LogP contribution in [0.4, 0.5) is 13.2 Å². The number of alkyl halides is 3. The van der Waals surface area contributed by atoms with Crippen LogP contribution in [0.2, 0.25) is 0 Å². The molecule has 0 saturated heterocycles. The third-order valence-corrected chi connectivity index (χ3v) is 8.30. The Morgan fingerprint density at radius 3 is 2.88 bits per heavy atom. The van der Waals surface area contributed by atoms with E-state index in [-0.39, 0.29) is 23.9 Å². The summed E-state index contributed by atoms with van der Waals surface area (Å²) in [7, 11) is 0. The Kier molecular flexibility index (Phi) is 5.95. The van der Waals surface area contributed by atoms with Crippen molar-refractivity contribution in [1.82, 2.24) is 15.2 Å². The first-order valence-electron chi connectivity index (χ1n) is 12.3. The molecular formula is C27H32F3N3O. The highest BCUT2D eigenvalue weighted by atomic mass is 19.4. The number of hydrogen-bond acceptors (Lipinski definition) is 3. The van der Waals surface area contributed by atoms with Crippen LogP contribution in [-0.2, 0) is 30.5 Å². The minimum absolute atomic E-state index is 0.133. The normalized spacial score (nSPS) is 26.4. The molecule has 0 spiro atoms. The minimum Gasteiger partial charge on any atom is -0.337 e. The minimum atomic E-state index is -4.43. The van der Waals surface area contributed by atoms with E-state index in [0.717, 1.165) is 44.8 Å². The summed E-state index contributed by atoms with van der Waals surface area (Å²) in [5.41, 5.74) is 3.88. The van der Waals surface area contributed by atoms with Crippen molar-refractivity contribution in [2.24, 2.45) is 11.3 Å². The lowest BCUT2D eigenvalue weighted by Crippen LogP contribution is -2.46. The van der Waals surface area contributed by atoms with Crippen molar-refractivity contribution in [1.29, 1.82) is 0 Å². The number of carbonyl (C=O) groups excluding carboxylic acids is 1. The van der Waals surface area contributed by atoms with Gasteiger partial charge in [0.05, 0.1) is 11.0 Å². The van der Waals surface area contributed by atoms with E-state index in [2.05, 4.69) is 42.3 Å². The van der Waals surface area contributed by atoms with Crippen LogP contribution in [0, 0.1) is 25.2 Å². The number of benzene rings is 1. The standard InChI is InChI=1S/C27H32F3N3O/c1-17-5-6-18(2)19(10-17)14-31-23-12-21-4-3-8-26(21,13-23)25(34)33-9-7-24-20(16-33)11-22(15-32-24)27(28,29)30/h5-6,10-11,15,21,23,31H,3-4,7-9,12-14,16H2,1-2H3. The second-order valence-corrected chi connectivity index (χ2v) is 10.5. The molecule has 3 aliphatic rings. The number of carbonyl (C=O) groups is 1. The molecule has 2 aliphatic carbocycles.